The van der Waals surface area contributed by atoms with Crippen molar-refractivity contribution in [3.8, 4) is 28.5 Å². The molecule has 5 rings (SSSR count). The summed E-state index contributed by atoms with van der Waals surface area (Å²) in [5.74, 6) is 0.680. The van der Waals surface area contributed by atoms with Gasteiger partial charge in [0, 0.05) is 22.9 Å². The Labute approximate surface area is 183 Å². The monoisotopic (exact) mass is 421 g/mol. The van der Waals surface area contributed by atoms with Gasteiger partial charge in [0.15, 0.2) is 11.6 Å². The molecule has 5 aromatic rings. The molecule has 0 bridgehead atoms. The molecule has 3 heterocycles. The molecule has 0 N–H and O–H groups in total. The molecule has 0 saturated carbocycles. The summed E-state index contributed by atoms with van der Waals surface area (Å²) in [4.78, 5) is 34.4. The average Bonchev–Trinajstić information content (AvgIpc) is 3.20. The van der Waals surface area contributed by atoms with Crippen LogP contribution in [-0.2, 0) is 0 Å². The molecule has 3 aromatic heterocycles. The summed E-state index contributed by atoms with van der Waals surface area (Å²) >= 11 is 0. The highest BCUT2D eigenvalue weighted by Crippen LogP contribution is 2.23. The molecule has 32 heavy (non-hydrogen) atoms. The highest BCUT2D eigenvalue weighted by Gasteiger charge is 2.19. The topological polar surface area (TPSA) is 82.1 Å². The number of pyridine rings is 1. The van der Waals surface area contributed by atoms with E-state index in [1.165, 1.54) is 17.4 Å². The fraction of sp³-hybridized carbons (Fsp3) is 0.0800. The van der Waals surface area contributed by atoms with E-state index in [0.717, 1.165) is 11.3 Å². The van der Waals surface area contributed by atoms with Crippen molar-refractivity contribution < 1.29 is 4.79 Å². The Morgan fingerprint density at radius 2 is 1.53 bits per heavy atom. The lowest BCUT2D eigenvalue weighted by Crippen LogP contribution is -2.15. The van der Waals surface area contributed by atoms with Gasteiger partial charge in [-0.25, -0.2) is 14.4 Å². The first-order chi connectivity index (χ1) is 15.5. The molecule has 2 aromatic carbocycles. The van der Waals surface area contributed by atoms with Crippen molar-refractivity contribution in [1.29, 1.82) is 0 Å². The van der Waals surface area contributed by atoms with Crippen molar-refractivity contribution in [2.24, 2.45) is 0 Å². The van der Waals surface area contributed by atoms with Crippen LogP contribution in [0.1, 0.15) is 23.0 Å². The SMILES string of the molecule is CC(=O)c1ccc(-c2nn(-c3ccccc3)c3nc(-c4ccccc4)cc(=O)n23)nc1C. The van der Waals surface area contributed by atoms with E-state index in [1.807, 2.05) is 60.7 Å². The van der Waals surface area contributed by atoms with Gasteiger partial charge in [0.05, 0.1) is 11.4 Å². The van der Waals surface area contributed by atoms with Crippen LogP contribution in [0.3, 0.4) is 0 Å². The van der Waals surface area contributed by atoms with Crippen LogP contribution in [0.2, 0.25) is 0 Å². The number of rotatable bonds is 4. The summed E-state index contributed by atoms with van der Waals surface area (Å²) in [5, 5.41) is 4.71. The molecular formula is C25H19N5O2. The number of nitrogens with zero attached hydrogens (tertiary/aromatic N) is 5. The molecule has 7 heteroatoms. The normalized spacial score (nSPS) is 11.1. The zero-order chi connectivity index (χ0) is 22.2. The van der Waals surface area contributed by atoms with Crippen molar-refractivity contribution in [2.75, 3.05) is 0 Å². The first-order valence-corrected chi connectivity index (χ1v) is 10.2. The largest absolute Gasteiger partial charge is 0.294 e. The van der Waals surface area contributed by atoms with Crippen LogP contribution in [0.25, 0.3) is 34.2 Å². The first kappa shape index (κ1) is 19.6. The molecular weight excluding hydrogens is 402 g/mol. The number of carbonyl (C=O) groups is 1. The van der Waals surface area contributed by atoms with Crippen LogP contribution >= 0.6 is 0 Å². The van der Waals surface area contributed by atoms with Gasteiger partial charge in [-0.2, -0.15) is 4.68 Å². The van der Waals surface area contributed by atoms with Crippen molar-refractivity contribution in [3.63, 3.8) is 0 Å². The van der Waals surface area contributed by atoms with Crippen molar-refractivity contribution in [2.45, 2.75) is 13.8 Å². The number of benzene rings is 2. The van der Waals surface area contributed by atoms with Gasteiger partial charge in [-0.3, -0.25) is 9.59 Å². The van der Waals surface area contributed by atoms with Gasteiger partial charge in [0.1, 0.15) is 5.69 Å². The Morgan fingerprint density at radius 3 is 2.19 bits per heavy atom. The van der Waals surface area contributed by atoms with Crippen LogP contribution < -0.4 is 5.56 Å². The van der Waals surface area contributed by atoms with Crippen molar-refractivity contribution in [1.82, 2.24) is 24.1 Å². The molecule has 0 aliphatic rings. The van der Waals surface area contributed by atoms with E-state index in [0.29, 0.717) is 34.2 Å². The van der Waals surface area contributed by atoms with E-state index in [9.17, 15) is 9.59 Å². The lowest BCUT2D eigenvalue weighted by molar-refractivity contribution is 0.101. The summed E-state index contributed by atoms with van der Waals surface area (Å²) in [6.07, 6.45) is 0. The molecule has 0 saturated heterocycles. The number of hydrogen-bond acceptors (Lipinski definition) is 5. The van der Waals surface area contributed by atoms with Gasteiger partial charge in [0.25, 0.3) is 5.56 Å². The highest BCUT2D eigenvalue weighted by atomic mass is 16.1. The summed E-state index contributed by atoms with van der Waals surface area (Å²) in [5.41, 5.74) is 3.52. The zero-order valence-corrected chi connectivity index (χ0v) is 17.6. The summed E-state index contributed by atoms with van der Waals surface area (Å²) in [6.45, 7) is 3.27. The second kappa shape index (κ2) is 7.70. The lowest BCUT2D eigenvalue weighted by Gasteiger charge is -2.05. The second-order valence-corrected chi connectivity index (χ2v) is 7.44. The molecule has 0 fully saturated rings. The average molecular weight is 421 g/mol. The summed E-state index contributed by atoms with van der Waals surface area (Å²) < 4.78 is 3.09. The van der Waals surface area contributed by atoms with Gasteiger partial charge >= 0.3 is 0 Å². The van der Waals surface area contributed by atoms with Crippen LogP contribution in [0, 0.1) is 6.92 Å². The number of ketones is 1. The molecule has 0 amide bonds. The Kier molecular flexibility index (Phi) is 4.71. The maximum Gasteiger partial charge on any atom is 0.261 e. The zero-order valence-electron chi connectivity index (χ0n) is 17.6. The summed E-state index contributed by atoms with van der Waals surface area (Å²) in [7, 11) is 0. The predicted molar refractivity (Wildman–Crippen MR) is 122 cm³/mol. The van der Waals surface area contributed by atoms with Crippen LogP contribution in [-0.4, -0.2) is 29.9 Å². The van der Waals surface area contributed by atoms with Gasteiger partial charge in [-0.1, -0.05) is 48.5 Å². The van der Waals surface area contributed by atoms with Gasteiger partial charge < -0.3 is 0 Å². The maximum absolute atomic E-state index is 13.3. The van der Waals surface area contributed by atoms with Crippen LogP contribution in [0.5, 0.6) is 0 Å². The number of hydrogen-bond donors (Lipinski definition) is 0. The molecule has 156 valence electrons. The lowest BCUT2D eigenvalue weighted by atomic mass is 10.1. The Balaban J connectivity index is 1.81. The molecule has 0 radical (unpaired) electrons. The van der Waals surface area contributed by atoms with Crippen LogP contribution in [0.4, 0.5) is 0 Å². The fourth-order valence-corrected chi connectivity index (χ4v) is 3.72. The third-order valence-electron chi connectivity index (χ3n) is 5.26. The molecule has 0 spiro atoms. The number of para-hydroxylation sites is 1. The predicted octanol–water partition coefficient (Wildman–Crippen LogP) is 4.12. The third kappa shape index (κ3) is 3.30. The maximum atomic E-state index is 13.3. The molecule has 0 aliphatic heterocycles. The molecule has 7 nitrogen and oxygen atoms in total. The molecule has 0 aliphatic carbocycles. The minimum absolute atomic E-state index is 0.0624. The van der Waals surface area contributed by atoms with E-state index in [4.69, 9.17) is 10.1 Å². The quantitative estimate of drug-likeness (QED) is 0.408. The Bertz CT molecular complexity index is 1520. The van der Waals surface area contributed by atoms with E-state index < -0.39 is 0 Å². The van der Waals surface area contributed by atoms with Crippen LogP contribution in [0.15, 0.2) is 83.7 Å². The van der Waals surface area contributed by atoms with E-state index in [-0.39, 0.29) is 11.3 Å². The smallest absolute Gasteiger partial charge is 0.261 e. The molecule has 0 unspecified atom stereocenters. The first-order valence-electron chi connectivity index (χ1n) is 10.2. The number of aryl methyl sites for hydroxylation is 1. The number of aromatic nitrogens is 5. The highest BCUT2D eigenvalue weighted by molar-refractivity contribution is 5.95. The summed E-state index contributed by atoms with van der Waals surface area (Å²) in [6, 6.07) is 24.0. The standard InChI is InChI=1S/C25H19N5O2/c1-16-20(17(2)31)13-14-21(26-16)24-28-30(19-11-7-4-8-12-19)25-27-22(15-23(32)29(24)25)18-9-5-3-6-10-18/h3-15H,1-2H3. The number of Topliss-reactive ketones (excluding diaryl/α,β-unsaturated/α-hetero) is 1. The molecule has 0 atom stereocenters. The van der Waals surface area contributed by atoms with E-state index in [1.54, 1.807) is 23.7 Å². The minimum Gasteiger partial charge on any atom is -0.294 e. The van der Waals surface area contributed by atoms with Gasteiger partial charge in [0.2, 0.25) is 5.78 Å². The van der Waals surface area contributed by atoms with Gasteiger partial charge in [-0.05, 0) is 38.1 Å². The van der Waals surface area contributed by atoms with Crippen molar-refractivity contribution in [3.05, 3.63) is 100 Å². The fourth-order valence-electron chi connectivity index (χ4n) is 3.72. The number of fused-ring (bicyclic) bond motifs is 1. The van der Waals surface area contributed by atoms with E-state index >= 15 is 0 Å². The van der Waals surface area contributed by atoms with Crippen molar-refractivity contribution >= 4 is 11.6 Å². The Morgan fingerprint density at radius 1 is 0.844 bits per heavy atom. The second-order valence-electron chi connectivity index (χ2n) is 7.44. The number of carbonyl (C=O) groups excluding carboxylic acids is 1. The third-order valence-corrected chi connectivity index (χ3v) is 5.26. The van der Waals surface area contributed by atoms with Gasteiger partial charge in [-0.15, -0.1) is 5.10 Å². The minimum atomic E-state index is -0.263. The van der Waals surface area contributed by atoms with E-state index in [2.05, 4.69) is 4.98 Å². The Hall–Kier alpha value is -4.39.